The van der Waals surface area contributed by atoms with Gasteiger partial charge in [0.2, 0.25) is 0 Å². The van der Waals surface area contributed by atoms with E-state index in [1.54, 1.807) is 14.2 Å². The first kappa shape index (κ1) is 10.5. The molecule has 0 aromatic carbocycles. The van der Waals surface area contributed by atoms with Crippen LogP contribution in [0.15, 0.2) is 9.85 Å². The fraction of sp³-hybridized carbons (Fsp3) is 0.429. The van der Waals surface area contributed by atoms with E-state index in [0.717, 1.165) is 8.66 Å². The van der Waals surface area contributed by atoms with Crippen molar-refractivity contribution in [2.75, 3.05) is 14.2 Å². The summed E-state index contributed by atoms with van der Waals surface area (Å²) in [4.78, 5) is 0.883. The Morgan fingerprint density at radius 1 is 1.50 bits per heavy atom. The number of methoxy groups -OCH3 is 2. The molecule has 0 unspecified atom stereocenters. The van der Waals surface area contributed by atoms with Crippen LogP contribution in [-0.2, 0) is 9.47 Å². The van der Waals surface area contributed by atoms with Gasteiger partial charge in [0.25, 0.3) is 0 Å². The molecular weight excluding hydrogens is 263 g/mol. The molecule has 1 heterocycles. The second kappa shape index (κ2) is 4.58. The Kier molecular flexibility index (Phi) is 3.99. The molecule has 0 saturated heterocycles. The number of hydrogen-bond donors (Lipinski definition) is 0. The first-order valence-corrected chi connectivity index (χ1v) is 5.18. The molecular formula is C7H8BrClO2S. The topological polar surface area (TPSA) is 18.5 Å². The molecule has 2 nitrogen and oxygen atoms in total. The van der Waals surface area contributed by atoms with E-state index >= 15 is 0 Å². The van der Waals surface area contributed by atoms with Crippen LogP contribution in [0, 0.1) is 0 Å². The highest BCUT2D eigenvalue weighted by Gasteiger charge is 2.16. The van der Waals surface area contributed by atoms with Gasteiger partial charge in [0, 0.05) is 14.2 Å². The standard InChI is InChI=1S/C7H8BrClO2S/c1-10-7(11-2)6-4(9)3-5(8)12-6/h3,7H,1-2H3. The van der Waals surface area contributed by atoms with Gasteiger partial charge in [-0.15, -0.1) is 11.3 Å². The lowest BCUT2D eigenvalue weighted by Gasteiger charge is -2.11. The van der Waals surface area contributed by atoms with E-state index in [2.05, 4.69) is 15.9 Å². The molecule has 1 aromatic heterocycles. The summed E-state index contributed by atoms with van der Waals surface area (Å²) >= 11 is 10.8. The lowest BCUT2D eigenvalue weighted by molar-refractivity contribution is -0.103. The minimum absolute atomic E-state index is 0.367. The zero-order valence-corrected chi connectivity index (χ0v) is 9.79. The van der Waals surface area contributed by atoms with Crippen LogP contribution in [0.2, 0.25) is 5.02 Å². The molecule has 1 rings (SSSR count). The number of thiophene rings is 1. The van der Waals surface area contributed by atoms with E-state index in [0.29, 0.717) is 5.02 Å². The van der Waals surface area contributed by atoms with Gasteiger partial charge in [-0.2, -0.15) is 0 Å². The van der Waals surface area contributed by atoms with Crippen molar-refractivity contribution in [3.63, 3.8) is 0 Å². The molecule has 0 aliphatic heterocycles. The van der Waals surface area contributed by atoms with Crippen LogP contribution in [0.4, 0.5) is 0 Å². The predicted molar refractivity (Wildman–Crippen MR) is 53.8 cm³/mol. The van der Waals surface area contributed by atoms with Crippen LogP contribution in [0.25, 0.3) is 0 Å². The lowest BCUT2D eigenvalue weighted by Crippen LogP contribution is -2.01. The summed E-state index contributed by atoms with van der Waals surface area (Å²) in [6, 6.07) is 1.83. The van der Waals surface area contributed by atoms with Crippen molar-refractivity contribution in [1.29, 1.82) is 0 Å². The van der Waals surface area contributed by atoms with Crippen molar-refractivity contribution in [3.8, 4) is 0 Å². The van der Waals surface area contributed by atoms with Crippen LogP contribution in [0.5, 0.6) is 0 Å². The fourth-order valence-electron chi connectivity index (χ4n) is 0.825. The third kappa shape index (κ3) is 2.20. The summed E-state index contributed by atoms with van der Waals surface area (Å²) in [5.74, 6) is 0. The number of ether oxygens (including phenoxy) is 2. The van der Waals surface area contributed by atoms with Crippen molar-refractivity contribution >= 4 is 38.9 Å². The van der Waals surface area contributed by atoms with Crippen LogP contribution in [0.1, 0.15) is 11.2 Å². The van der Waals surface area contributed by atoms with Crippen molar-refractivity contribution in [3.05, 3.63) is 19.8 Å². The van der Waals surface area contributed by atoms with Crippen LogP contribution in [-0.4, -0.2) is 14.2 Å². The minimum Gasteiger partial charge on any atom is -0.351 e. The Hall–Kier alpha value is 0.390. The molecule has 0 aliphatic rings. The van der Waals surface area contributed by atoms with Gasteiger partial charge < -0.3 is 9.47 Å². The van der Waals surface area contributed by atoms with E-state index in [9.17, 15) is 0 Å². The summed E-state index contributed by atoms with van der Waals surface area (Å²) in [5.41, 5.74) is 0. The molecule has 5 heteroatoms. The molecule has 68 valence electrons. The molecule has 0 aliphatic carbocycles. The quantitative estimate of drug-likeness (QED) is 0.784. The van der Waals surface area contributed by atoms with Gasteiger partial charge >= 0.3 is 0 Å². The Bertz CT molecular complexity index is 260. The van der Waals surface area contributed by atoms with E-state index in [4.69, 9.17) is 21.1 Å². The van der Waals surface area contributed by atoms with Gasteiger partial charge in [-0.3, -0.25) is 0 Å². The Morgan fingerprint density at radius 2 is 2.08 bits per heavy atom. The van der Waals surface area contributed by atoms with Crippen molar-refractivity contribution in [2.24, 2.45) is 0 Å². The minimum atomic E-state index is -0.367. The summed E-state index contributed by atoms with van der Waals surface area (Å²) in [6.45, 7) is 0. The van der Waals surface area contributed by atoms with Gasteiger partial charge in [-0.05, 0) is 22.0 Å². The third-order valence-electron chi connectivity index (χ3n) is 1.33. The van der Waals surface area contributed by atoms with Crippen LogP contribution >= 0.6 is 38.9 Å². The molecule has 0 fully saturated rings. The largest absolute Gasteiger partial charge is 0.351 e. The van der Waals surface area contributed by atoms with E-state index in [1.807, 2.05) is 6.07 Å². The highest BCUT2D eigenvalue weighted by molar-refractivity contribution is 9.11. The Labute approximate surface area is 88.6 Å². The van der Waals surface area contributed by atoms with Gasteiger partial charge in [0.15, 0.2) is 6.29 Å². The summed E-state index contributed by atoms with van der Waals surface area (Å²) in [5, 5.41) is 0.667. The summed E-state index contributed by atoms with van der Waals surface area (Å²) < 4.78 is 11.1. The van der Waals surface area contributed by atoms with Crippen LogP contribution < -0.4 is 0 Å². The molecule has 0 amide bonds. The van der Waals surface area contributed by atoms with Gasteiger partial charge in [0.05, 0.1) is 13.7 Å². The maximum absolute atomic E-state index is 5.92. The zero-order chi connectivity index (χ0) is 9.14. The molecule has 12 heavy (non-hydrogen) atoms. The number of rotatable bonds is 3. The fourth-order valence-corrected chi connectivity index (χ4v) is 2.92. The molecule has 0 atom stereocenters. The van der Waals surface area contributed by atoms with Gasteiger partial charge in [-0.1, -0.05) is 11.6 Å². The van der Waals surface area contributed by atoms with Crippen LogP contribution in [0.3, 0.4) is 0 Å². The zero-order valence-electron chi connectivity index (χ0n) is 6.64. The molecule has 0 saturated carbocycles. The highest BCUT2D eigenvalue weighted by Crippen LogP contribution is 2.36. The van der Waals surface area contributed by atoms with Crippen molar-refractivity contribution in [1.82, 2.24) is 0 Å². The van der Waals surface area contributed by atoms with Crippen molar-refractivity contribution in [2.45, 2.75) is 6.29 Å². The second-order valence-corrected chi connectivity index (χ2v) is 4.94. The van der Waals surface area contributed by atoms with E-state index < -0.39 is 0 Å². The van der Waals surface area contributed by atoms with E-state index in [-0.39, 0.29) is 6.29 Å². The van der Waals surface area contributed by atoms with Crippen molar-refractivity contribution < 1.29 is 9.47 Å². The average Bonchev–Trinajstić information content (AvgIpc) is 2.34. The monoisotopic (exact) mass is 270 g/mol. The first-order chi connectivity index (χ1) is 5.69. The molecule has 0 spiro atoms. The molecule has 0 N–H and O–H groups in total. The normalized spacial score (nSPS) is 11.1. The Morgan fingerprint density at radius 3 is 2.42 bits per heavy atom. The smallest absolute Gasteiger partial charge is 0.194 e. The lowest BCUT2D eigenvalue weighted by atomic mass is 10.4. The van der Waals surface area contributed by atoms with Gasteiger partial charge in [-0.25, -0.2) is 0 Å². The summed E-state index contributed by atoms with van der Waals surface area (Å²) in [7, 11) is 3.16. The maximum Gasteiger partial charge on any atom is 0.194 e. The molecule has 1 aromatic rings. The SMILES string of the molecule is COC(OC)c1sc(Br)cc1Cl. The molecule has 0 radical (unpaired) electrons. The van der Waals surface area contributed by atoms with Gasteiger partial charge in [0.1, 0.15) is 0 Å². The summed E-state index contributed by atoms with van der Waals surface area (Å²) in [6.07, 6.45) is -0.367. The second-order valence-electron chi connectivity index (χ2n) is 2.07. The highest BCUT2D eigenvalue weighted by atomic mass is 79.9. The average molecular weight is 272 g/mol. The number of halogens is 2. The Balaban J connectivity index is 2.91. The van der Waals surface area contributed by atoms with E-state index in [1.165, 1.54) is 11.3 Å². The predicted octanol–water partition coefficient (Wildman–Crippen LogP) is 3.46. The first-order valence-electron chi connectivity index (χ1n) is 3.19. The number of hydrogen-bond acceptors (Lipinski definition) is 3. The maximum atomic E-state index is 5.92. The molecule has 0 bridgehead atoms. The third-order valence-corrected chi connectivity index (χ3v) is 3.41.